The van der Waals surface area contributed by atoms with E-state index in [-0.39, 0.29) is 17.6 Å². The minimum atomic E-state index is -0.245. The number of ketones is 1. The lowest BCUT2D eigenvalue weighted by Gasteiger charge is -2.40. The number of piperidine rings is 1. The number of aryl methyl sites for hydroxylation is 1. The highest BCUT2D eigenvalue weighted by Gasteiger charge is 2.34. The number of hydrogen-bond acceptors (Lipinski definition) is 2. The monoisotopic (exact) mass is 275 g/mol. The van der Waals surface area contributed by atoms with E-state index in [2.05, 4.69) is 5.32 Å². The van der Waals surface area contributed by atoms with E-state index in [9.17, 15) is 9.18 Å². The Bertz CT molecular complexity index is 514. The van der Waals surface area contributed by atoms with Crippen molar-refractivity contribution >= 4 is 5.78 Å². The number of halogens is 1. The standard InChI is InChI=1S/C17H22FNO/c1-11-10-13(6-8-14(11)18)17(20)16-9-7-12-4-2-3-5-15(12)19-16/h6,8,10,12,15-16,19H,2-5,7,9H2,1H3. The largest absolute Gasteiger partial charge is 0.304 e. The van der Waals surface area contributed by atoms with Crippen molar-refractivity contribution < 1.29 is 9.18 Å². The number of benzene rings is 1. The van der Waals surface area contributed by atoms with Gasteiger partial charge in [0, 0.05) is 11.6 Å². The van der Waals surface area contributed by atoms with Crippen molar-refractivity contribution in [3.05, 3.63) is 35.1 Å². The maximum Gasteiger partial charge on any atom is 0.179 e. The van der Waals surface area contributed by atoms with E-state index >= 15 is 0 Å². The topological polar surface area (TPSA) is 29.1 Å². The Labute approximate surface area is 119 Å². The highest BCUT2D eigenvalue weighted by Crippen LogP contribution is 2.33. The minimum Gasteiger partial charge on any atom is -0.304 e. The lowest BCUT2D eigenvalue weighted by atomic mass is 9.77. The van der Waals surface area contributed by atoms with Gasteiger partial charge in [0.05, 0.1) is 6.04 Å². The Morgan fingerprint density at radius 1 is 1.20 bits per heavy atom. The first-order valence-electron chi connectivity index (χ1n) is 7.71. The second kappa shape index (κ2) is 5.65. The molecule has 3 unspecified atom stereocenters. The van der Waals surface area contributed by atoms with Gasteiger partial charge in [0.25, 0.3) is 0 Å². The van der Waals surface area contributed by atoms with Crippen LogP contribution in [0.1, 0.15) is 54.4 Å². The molecule has 1 aliphatic carbocycles. The normalized spacial score (nSPS) is 29.8. The van der Waals surface area contributed by atoms with Gasteiger partial charge in [0.15, 0.2) is 5.78 Å². The number of Topliss-reactive ketones (excluding diaryl/α,β-unsaturated/α-hetero) is 1. The summed E-state index contributed by atoms with van der Waals surface area (Å²) in [7, 11) is 0. The molecule has 0 aromatic heterocycles. The molecule has 1 aliphatic heterocycles. The van der Waals surface area contributed by atoms with Crippen molar-refractivity contribution in [3.63, 3.8) is 0 Å². The van der Waals surface area contributed by atoms with E-state index in [0.717, 1.165) is 18.8 Å². The molecule has 20 heavy (non-hydrogen) atoms. The molecule has 1 N–H and O–H groups in total. The Balaban J connectivity index is 1.72. The zero-order valence-corrected chi connectivity index (χ0v) is 12.0. The fourth-order valence-electron chi connectivity index (χ4n) is 3.70. The smallest absolute Gasteiger partial charge is 0.179 e. The summed E-state index contributed by atoms with van der Waals surface area (Å²) in [5.74, 6) is 0.630. The van der Waals surface area contributed by atoms with Crippen molar-refractivity contribution in [1.29, 1.82) is 0 Å². The van der Waals surface area contributed by atoms with Crippen LogP contribution >= 0.6 is 0 Å². The predicted octanol–water partition coefficient (Wildman–Crippen LogP) is 3.63. The quantitative estimate of drug-likeness (QED) is 0.835. The third kappa shape index (κ3) is 2.64. The van der Waals surface area contributed by atoms with Crippen molar-refractivity contribution in [3.8, 4) is 0 Å². The molecule has 0 radical (unpaired) electrons. The van der Waals surface area contributed by atoms with Gasteiger partial charge in [-0.2, -0.15) is 0 Å². The van der Waals surface area contributed by atoms with E-state index in [0.29, 0.717) is 17.2 Å². The van der Waals surface area contributed by atoms with Gasteiger partial charge in [-0.25, -0.2) is 4.39 Å². The first-order chi connectivity index (χ1) is 9.65. The summed E-state index contributed by atoms with van der Waals surface area (Å²) in [6.45, 7) is 1.71. The fourth-order valence-corrected chi connectivity index (χ4v) is 3.70. The lowest BCUT2D eigenvalue weighted by molar-refractivity contribution is 0.0861. The molecule has 3 rings (SSSR count). The molecule has 3 heteroatoms. The summed E-state index contributed by atoms with van der Waals surface area (Å²) in [6.07, 6.45) is 7.15. The van der Waals surface area contributed by atoms with Gasteiger partial charge in [-0.1, -0.05) is 12.8 Å². The number of carbonyl (C=O) groups is 1. The van der Waals surface area contributed by atoms with Gasteiger partial charge in [0.2, 0.25) is 0 Å². The second-order valence-corrected chi connectivity index (χ2v) is 6.28. The van der Waals surface area contributed by atoms with E-state index < -0.39 is 0 Å². The number of rotatable bonds is 2. The molecule has 1 heterocycles. The first kappa shape index (κ1) is 13.7. The van der Waals surface area contributed by atoms with Crippen LogP contribution in [-0.4, -0.2) is 17.9 Å². The molecule has 1 aromatic carbocycles. The zero-order chi connectivity index (χ0) is 14.1. The van der Waals surface area contributed by atoms with E-state index in [1.807, 2.05) is 0 Å². The molecular formula is C17H22FNO. The van der Waals surface area contributed by atoms with Gasteiger partial charge in [-0.05, 0) is 62.3 Å². The van der Waals surface area contributed by atoms with Crippen LogP contribution in [0.5, 0.6) is 0 Å². The minimum absolute atomic E-state index is 0.0841. The summed E-state index contributed by atoms with van der Waals surface area (Å²) in [4.78, 5) is 12.6. The highest BCUT2D eigenvalue weighted by molar-refractivity contribution is 6.00. The number of fused-ring (bicyclic) bond motifs is 1. The molecule has 108 valence electrons. The van der Waals surface area contributed by atoms with Crippen molar-refractivity contribution in [2.75, 3.05) is 0 Å². The van der Waals surface area contributed by atoms with Crippen LogP contribution in [0.4, 0.5) is 4.39 Å². The number of nitrogens with one attached hydrogen (secondary N) is 1. The van der Waals surface area contributed by atoms with Crippen LogP contribution in [0.15, 0.2) is 18.2 Å². The van der Waals surface area contributed by atoms with E-state index in [4.69, 9.17) is 0 Å². The average Bonchev–Trinajstić information content (AvgIpc) is 2.49. The van der Waals surface area contributed by atoms with Crippen LogP contribution in [0, 0.1) is 18.7 Å². The average molecular weight is 275 g/mol. The zero-order valence-electron chi connectivity index (χ0n) is 12.0. The second-order valence-electron chi connectivity index (χ2n) is 6.28. The van der Waals surface area contributed by atoms with Crippen molar-refractivity contribution in [2.45, 2.75) is 57.5 Å². The fraction of sp³-hybridized carbons (Fsp3) is 0.588. The van der Waals surface area contributed by atoms with Crippen molar-refractivity contribution in [2.24, 2.45) is 5.92 Å². The van der Waals surface area contributed by atoms with E-state index in [1.165, 1.54) is 31.7 Å². The van der Waals surface area contributed by atoms with Crippen molar-refractivity contribution in [1.82, 2.24) is 5.32 Å². The molecule has 2 aliphatic rings. The summed E-state index contributed by atoms with van der Waals surface area (Å²) >= 11 is 0. The summed E-state index contributed by atoms with van der Waals surface area (Å²) in [5.41, 5.74) is 1.18. The van der Waals surface area contributed by atoms with Crippen LogP contribution in [0.2, 0.25) is 0 Å². The molecule has 1 aromatic rings. The number of carbonyl (C=O) groups excluding carboxylic acids is 1. The highest BCUT2D eigenvalue weighted by atomic mass is 19.1. The molecular weight excluding hydrogens is 253 g/mol. The van der Waals surface area contributed by atoms with Gasteiger partial charge in [-0.3, -0.25) is 4.79 Å². The van der Waals surface area contributed by atoms with Gasteiger partial charge < -0.3 is 5.32 Å². The molecule has 1 saturated heterocycles. The van der Waals surface area contributed by atoms with Gasteiger partial charge in [-0.15, -0.1) is 0 Å². The lowest BCUT2D eigenvalue weighted by Crippen LogP contribution is -2.52. The summed E-state index contributed by atoms with van der Waals surface area (Å²) in [6, 6.07) is 5.10. The molecule has 2 fully saturated rings. The third-order valence-electron chi connectivity index (χ3n) is 4.91. The Morgan fingerprint density at radius 2 is 2.00 bits per heavy atom. The maximum atomic E-state index is 13.3. The summed E-state index contributed by atoms with van der Waals surface area (Å²) in [5, 5.41) is 3.54. The predicted molar refractivity (Wildman–Crippen MR) is 77.4 cm³/mol. The molecule has 0 amide bonds. The van der Waals surface area contributed by atoms with E-state index in [1.54, 1.807) is 19.1 Å². The molecule has 0 bridgehead atoms. The summed E-state index contributed by atoms with van der Waals surface area (Å²) < 4.78 is 13.3. The van der Waals surface area contributed by atoms with Crippen LogP contribution in [0.3, 0.4) is 0 Å². The maximum absolute atomic E-state index is 13.3. The van der Waals surface area contributed by atoms with Gasteiger partial charge in [0.1, 0.15) is 5.82 Å². The Morgan fingerprint density at radius 3 is 2.80 bits per heavy atom. The Kier molecular flexibility index (Phi) is 3.88. The first-order valence-corrected chi connectivity index (χ1v) is 7.71. The molecule has 2 nitrogen and oxygen atoms in total. The Hall–Kier alpha value is -1.22. The SMILES string of the molecule is Cc1cc(C(=O)C2CCC3CCCCC3N2)ccc1F. The van der Waals surface area contributed by atoms with Crippen LogP contribution < -0.4 is 5.32 Å². The molecule has 3 atom stereocenters. The van der Waals surface area contributed by atoms with Crippen LogP contribution in [-0.2, 0) is 0 Å². The molecule has 0 spiro atoms. The van der Waals surface area contributed by atoms with Crippen LogP contribution in [0.25, 0.3) is 0 Å². The number of hydrogen-bond donors (Lipinski definition) is 1. The van der Waals surface area contributed by atoms with Gasteiger partial charge >= 0.3 is 0 Å². The third-order valence-corrected chi connectivity index (χ3v) is 4.91. The molecule has 1 saturated carbocycles.